The van der Waals surface area contributed by atoms with Crippen LogP contribution in [0.15, 0.2) is 70.5 Å². The van der Waals surface area contributed by atoms with Gasteiger partial charge in [-0.1, -0.05) is 42.5 Å². The molecule has 134 valence electrons. The second kappa shape index (κ2) is 5.78. The maximum Gasteiger partial charge on any atom is 0.210 e. The highest BCUT2D eigenvalue weighted by atomic mass is 32.2. The molecule has 1 aliphatic carbocycles. The average molecular weight is 380 g/mol. The lowest BCUT2D eigenvalue weighted by Gasteiger charge is -2.21. The van der Waals surface area contributed by atoms with Crippen molar-refractivity contribution in [1.82, 2.24) is 0 Å². The van der Waals surface area contributed by atoms with E-state index in [0.29, 0.717) is 0 Å². The van der Waals surface area contributed by atoms with Crippen LogP contribution in [0.1, 0.15) is 31.8 Å². The molecular weight excluding hydrogens is 368 g/mol. The molecule has 0 aliphatic heterocycles. The number of rotatable bonds is 2. The molecule has 0 fully saturated rings. The highest BCUT2D eigenvalue weighted by molar-refractivity contribution is 7.91. The van der Waals surface area contributed by atoms with Gasteiger partial charge in [0.1, 0.15) is 16.4 Å². The van der Waals surface area contributed by atoms with Crippen molar-refractivity contribution in [2.45, 2.75) is 9.79 Å². The van der Waals surface area contributed by atoms with Crippen LogP contribution < -0.4 is 0 Å². The molecule has 0 heterocycles. The Bertz CT molecular complexity index is 1230. The first-order valence-corrected chi connectivity index (χ1v) is 9.40. The maximum atomic E-state index is 12.9. The van der Waals surface area contributed by atoms with Gasteiger partial charge in [-0.15, -0.1) is 0 Å². The van der Waals surface area contributed by atoms with Crippen LogP contribution in [0.25, 0.3) is 0 Å². The molecule has 0 aromatic heterocycles. The molecule has 4 rings (SSSR count). The van der Waals surface area contributed by atoms with Crippen LogP contribution in [0, 0.1) is 0 Å². The second-order valence-electron chi connectivity index (χ2n) is 6.01. The molecule has 0 spiro atoms. The minimum Gasteiger partial charge on any atom is -0.507 e. The van der Waals surface area contributed by atoms with Crippen LogP contribution in [-0.2, 0) is 9.84 Å². The summed E-state index contributed by atoms with van der Waals surface area (Å²) in [6.45, 7) is 0. The molecule has 0 saturated heterocycles. The molecule has 1 aliphatic rings. The Morgan fingerprint density at radius 3 is 1.81 bits per heavy atom. The van der Waals surface area contributed by atoms with E-state index >= 15 is 0 Å². The third kappa shape index (κ3) is 2.36. The van der Waals surface area contributed by atoms with Gasteiger partial charge >= 0.3 is 0 Å². The van der Waals surface area contributed by atoms with Crippen LogP contribution in [0.2, 0.25) is 0 Å². The molecule has 0 bridgehead atoms. The molecular formula is C20H12O6S. The highest BCUT2D eigenvalue weighted by Gasteiger charge is 2.37. The van der Waals surface area contributed by atoms with Crippen molar-refractivity contribution in [2.24, 2.45) is 0 Å². The highest BCUT2D eigenvalue weighted by Crippen LogP contribution is 2.42. The molecule has 7 heteroatoms. The van der Waals surface area contributed by atoms with E-state index in [9.17, 15) is 28.2 Å². The lowest BCUT2D eigenvalue weighted by molar-refractivity contribution is 0.0973. The van der Waals surface area contributed by atoms with E-state index in [4.69, 9.17) is 0 Å². The van der Waals surface area contributed by atoms with Gasteiger partial charge in [0.2, 0.25) is 9.84 Å². The summed E-state index contributed by atoms with van der Waals surface area (Å²) in [6, 6.07) is 14.1. The summed E-state index contributed by atoms with van der Waals surface area (Å²) < 4.78 is 25.7. The third-order valence-electron chi connectivity index (χ3n) is 4.46. The van der Waals surface area contributed by atoms with Gasteiger partial charge in [0.05, 0.1) is 16.0 Å². The fourth-order valence-corrected chi connectivity index (χ4v) is 4.56. The summed E-state index contributed by atoms with van der Waals surface area (Å²) in [5.41, 5.74) is -0.779. The van der Waals surface area contributed by atoms with Gasteiger partial charge in [0.15, 0.2) is 11.6 Å². The predicted octanol–water partition coefficient (Wildman–Crippen LogP) is 2.71. The van der Waals surface area contributed by atoms with Crippen LogP contribution in [0.3, 0.4) is 0 Å². The summed E-state index contributed by atoms with van der Waals surface area (Å²) in [6.07, 6.45) is 0. The van der Waals surface area contributed by atoms with E-state index in [1.165, 1.54) is 36.4 Å². The van der Waals surface area contributed by atoms with E-state index in [-0.39, 0.29) is 16.0 Å². The quantitative estimate of drug-likeness (QED) is 0.518. The number of benzene rings is 3. The first-order chi connectivity index (χ1) is 12.8. The summed E-state index contributed by atoms with van der Waals surface area (Å²) in [7, 11) is -4.22. The molecule has 3 aromatic carbocycles. The molecule has 0 saturated carbocycles. The van der Waals surface area contributed by atoms with Gasteiger partial charge in [-0.25, -0.2) is 8.42 Å². The zero-order valence-corrected chi connectivity index (χ0v) is 14.5. The van der Waals surface area contributed by atoms with Crippen LogP contribution in [0.5, 0.6) is 11.5 Å². The predicted molar refractivity (Wildman–Crippen MR) is 95.0 cm³/mol. The smallest absolute Gasteiger partial charge is 0.210 e. The minimum absolute atomic E-state index is 0.0407. The molecule has 0 amide bonds. The molecule has 27 heavy (non-hydrogen) atoms. The van der Waals surface area contributed by atoms with Crippen LogP contribution >= 0.6 is 0 Å². The first kappa shape index (κ1) is 17.0. The Kier molecular flexibility index (Phi) is 3.64. The lowest BCUT2D eigenvalue weighted by Crippen LogP contribution is -2.22. The summed E-state index contributed by atoms with van der Waals surface area (Å²) >= 11 is 0. The van der Waals surface area contributed by atoms with Gasteiger partial charge in [-0.2, -0.15) is 0 Å². The Morgan fingerprint density at radius 2 is 1.22 bits per heavy atom. The Balaban J connectivity index is 2.02. The number of sulfone groups is 1. The normalized spacial score (nSPS) is 13.2. The summed E-state index contributed by atoms with van der Waals surface area (Å²) in [5, 5.41) is 20.9. The second-order valence-corrected chi connectivity index (χ2v) is 7.93. The van der Waals surface area contributed by atoms with E-state index in [0.717, 1.165) is 6.07 Å². The van der Waals surface area contributed by atoms with Gasteiger partial charge in [-0.05, 0) is 12.1 Å². The number of phenols is 2. The number of aromatic hydroxyl groups is 2. The molecule has 6 nitrogen and oxygen atoms in total. The van der Waals surface area contributed by atoms with E-state index in [1.807, 2.05) is 0 Å². The number of hydrogen-bond acceptors (Lipinski definition) is 6. The molecule has 3 aromatic rings. The van der Waals surface area contributed by atoms with Crippen molar-refractivity contribution in [3.63, 3.8) is 0 Å². The standard InChI is InChI=1S/C20H12O6S/c21-14-10-15(27(25,26)11-6-2-1-3-7-11)20(24)17-16(14)18(22)12-8-4-5-9-13(12)19(17)23/h1-10,21,24H. The number of hydrogen-bond donors (Lipinski definition) is 2. The Morgan fingerprint density at radius 1 is 0.704 bits per heavy atom. The summed E-state index contributed by atoms with van der Waals surface area (Å²) in [5.74, 6) is -2.90. The fourth-order valence-electron chi connectivity index (χ4n) is 3.17. The fraction of sp³-hybridized carbons (Fsp3) is 0. The van der Waals surface area contributed by atoms with Crippen molar-refractivity contribution in [3.8, 4) is 11.5 Å². The number of carbonyl (C=O) groups is 2. The zero-order valence-electron chi connectivity index (χ0n) is 13.7. The minimum atomic E-state index is -4.22. The molecule has 2 N–H and O–H groups in total. The van der Waals surface area contributed by atoms with Crippen molar-refractivity contribution >= 4 is 21.4 Å². The SMILES string of the molecule is O=C1c2ccccc2C(=O)c2c(O)c(S(=O)(=O)c3ccccc3)cc(O)c21. The van der Waals surface area contributed by atoms with Crippen LogP contribution in [0.4, 0.5) is 0 Å². The van der Waals surface area contributed by atoms with Crippen molar-refractivity contribution in [1.29, 1.82) is 0 Å². The lowest BCUT2D eigenvalue weighted by atomic mass is 9.83. The van der Waals surface area contributed by atoms with Crippen molar-refractivity contribution in [3.05, 3.63) is 82.9 Å². The molecule has 0 unspecified atom stereocenters. The van der Waals surface area contributed by atoms with Crippen molar-refractivity contribution < 1.29 is 28.2 Å². The van der Waals surface area contributed by atoms with Gasteiger partial charge in [0.25, 0.3) is 0 Å². The largest absolute Gasteiger partial charge is 0.507 e. The maximum absolute atomic E-state index is 12.9. The van der Waals surface area contributed by atoms with Gasteiger partial charge in [0, 0.05) is 17.2 Å². The van der Waals surface area contributed by atoms with Crippen LogP contribution in [-0.4, -0.2) is 30.2 Å². The monoisotopic (exact) mass is 380 g/mol. The van der Waals surface area contributed by atoms with E-state index in [1.54, 1.807) is 18.2 Å². The molecule has 0 radical (unpaired) electrons. The Labute approximate surface area is 154 Å². The average Bonchev–Trinajstić information content (AvgIpc) is 2.68. The van der Waals surface area contributed by atoms with Crippen molar-refractivity contribution in [2.75, 3.05) is 0 Å². The Hall–Kier alpha value is -3.45. The zero-order chi connectivity index (χ0) is 19.3. The first-order valence-electron chi connectivity index (χ1n) is 7.91. The number of carbonyl (C=O) groups excluding carboxylic acids is 2. The van der Waals surface area contributed by atoms with E-state index in [2.05, 4.69) is 0 Å². The molecule has 0 atom stereocenters. The number of fused-ring (bicyclic) bond motifs is 2. The topological polar surface area (TPSA) is 109 Å². The number of ketones is 2. The third-order valence-corrected chi connectivity index (χ3v) is 6.24. The van der Waals surface area contributed by atoms with Gasteiger partial charge < -0.3 is 10.2 Å². The summed E-state index contributed by atoms with van der Waals surface area (Å²) in [4.78, 5) is 24.8. The van der Waals surface area contributed by atoms with E-state index < -0.39 is 48.9 Å². The number of phenolic OH excluding ortho intramolecular Hbond substituents is 2. The van der Waals surface area contributed by atoms with Gasteiger partial charge in [-0.3, -0.25) is 9.59 Å².